The average molecular weight is 298 g/mol. The highest BCUT2D eigenvalue weighted by molar-refractivity contribution is 6.05. The number of hydrogen-bond donors (Lipinski definition) is 2. The summed E-state index contributed by atoms with van der Waals surface area (Å²) < 4.78 is 0. The van der Waals surface area contributed by atoms with E-state index < -0.39 is 0 Å². The second-order valence-electron chi connectivity index (χ2n) is 5.02. The molecule has 1 aromatic heterocycles. The molecular formula is C16H18N4O2. The first-order valence-corrected chi connectivity index (χ1v) is 6.78. The fourth-order valence-corrected chi connectivity index (χ4v) is 1.87. The Balaban J connectivity index is 2.10. The minimum atomic E-state index is -0.258. The molecule has 22 heavy (non-hydrogen) atoms. The van der Waals surface area contributed by atoms with Crippen molar-refractivity contribution in [1.82, 2.24) is 4.98 Å². The molecule has 6 nitrogen and oxygen atoms in total. The Labute approximate surface area is 129 Å². The summed E-state index contributed by atoms with van der Waals surface area (Å²) >= 11 is 0. The van der Waals surface area contributed by atoms with Gasteiger partial charge in [-0.3, -0.25) is 9.59 Å². The minimum absolute atomic E-state index is 0.180. The summed E-state index contributed by atoms with van der Waals surface area (Å²) in [6, 6.07) is 10.4. The van der Waals surface area contributed by atoms with Gasteiger partial charge in [0.15, 0.2) is 0 Å². The maximum absolute atomic E-state index is 12.2. The number of amides is 2. The Bertz CT molecular complexity index is 681. The van der Waals surface area contributed by atoms with Gasteiger partial charge in [-0.2, -0.15) is 0 Å². The number of nitrogens with one attached hydrogen (secondary N) is 2. The van der Waals surface area contributed by atoms with E-state index in [0.29, 0.717) is 16.9 Å². The second kappa shape index (κ2) is 6.71. The van der Waals surface area contributed by atoms with Gasteiger partial charge in [-0.1, -0.05) is 6.07 Å². The molecule has 6 heteroatoms. The van der Waals surface area contributed by atoms with E-state index in [2.05, 4.69) is 15.6 Å². The molecule has 0 aliphatic carbocycles. The molecule has 2 rings (SSSR count). The molecular weight excluding hydrogens is 280 g/mol. The third kappa shape index (κ3) is 4.05. The topological polar surface area (TPSA) is 74.3 Å². The van der Waals surface area contributed by atoms with Crippen LogP contribution in [0.1, 0.15) is 17.3 Å². The van der Waals surface area contributed by atoms with Crippen molar-refractivity contribution in [2.45, 2.75) is 6.92 Å². The molecule has 0 unspecified atom stereocenters. The Morgan fingerprint density at radius 3 is 2.41 bits per heavy atom. The van der Waals surface area contributed by atoms with Crippen LogP contribution in [0.3, 0.4) is 0 Å². The van der Waals surface area contributed by atoms with Gasteiger partial charge >= 0.3 is 0 Å². The molecule has 0 saturated carbocycles. The molecule has 0 atom stereocenters. The molecule has 0 spiro atoms. The zero-order valence-corrected chi connectivity index (χ0v) is 12.8. The Morgan fingerprint density at radius 2 is 1.82 bits per heavy atom. The predicted octanol–water partition coefficient (Wildman–Crippen LogP) is 2.36. The van der Waals surface area contributed by atoms with Gasteiger partial charge < -0.3 is 15.5 Å². The van der Waals surface area contributed by atoms with Crippen LogP contribution in [0.4, 0.5) is 17.2 Å². The van der Waals surface area contributed by atoms with Gasteiger partial charge in [-0.25, -0.2) is 4.98 Å². The SMILES string of the molecule is CC(=O)Nc1cccc(C(=O)Nc2ccc(N(C)C)nc2)c1. The largest absolute Gasteiger partial charge is 0.363 e. The third-order valence-corrected chi connectivity index (χ3v) is 2.91. The van der Waals surface area contributed by atoms with E-state index in [0.717, 1.165) is 5.82 Å². The van der Waals surface area contributed by atoms with E-state index in [1.165, 1.54) is 6.92 Å². The highest BCUT2D eigenvalue weighted by Gasteiger charge is 2.08. The van der Waals surface area contributed by atoms with E-state index in [-0.39, 0.29) is 11.8 Å². The number of carbonyl (C=O) groups excluding carboxylic acids is 2. The van der Waals surface area contributed by atoms with Crippen molar-refractivity contribution in [2.75, 3.05) is 29.6 Å². The van der Waals surface area contributed by atoms with Crippen LogP contribution in [0.15, 0.2) is 42.6 Å². The summed E-state index contributed by atoms with van der Waals surface area (Å²) in [6.45, 7) is 1.42. The van der Waals surface area contributed by atoms with Gasteiger partial charge in [0.05, 0.1) is 11.9 Å². The Hall–Kier alpha value is -2.89. The number of benzene rings is 1. The number of anilines is 3. The summed E-state index contributed by atoms with van der Waals surface area (Å²) in [6.07, 6.45) is 1.60. The molecule has 0 aliphatic rings. The zero-order valence-electron chi connectivity index (χ0n) is 12.8. The van der Waals surface area contributed by atoms with Crippen LogP contribution in [0, 0.1) is 0 Å². The average Bonchev–Trinajstić information content (AvgIpc) is 2.47. The van der Waals surface area contributed by atoms with Gasteiger partial charge in [0, 0.05) is 32.3 Å². The number of aromatic nitrogens is 1. The molecule has 0 fully saturated rings. The summed E-state index contributed by atoms with van der Waals surface area (Å²) in [5.41, 5.74) is 1.66. The maximum atomic E-state index is 12.2. The van der Waals surface area contributed by atoms with Crippen molar-refractivity contribution < 1.29 is 9.59 Å². The van der Waals surface area contributed by atoms with Crippen molar-refractivity contribution >= 4 is 29.0 Å². The highest BCUT2D eigenvalue weighted by atomic mass is 16.2. The number of rotatable bonds is 4. The maximum Gasteiger partial charge on any atom is 0.255 e. The van der Waals surface area contributed by atoms with Crippen LogP contribution in [-0.2, 0) is 4.79 Å². The molecule has 2 amide bonds. The summed E-state index contributed by atoms with van der Waals surface area (Å²) in [5.74, 6) is 0.373. The second-order valence-corrected chi connectivity index (χ2v) is 5.02. The molecule has 0 saturated heterocycles. The fraction of sp³-hybridized carbons (Fsp3) is 0.188. The number of nitrogens with zero attached hydrogens (tertiary/aromatic N) is 2. The lowest BCUT2D eigenvalue weighted by Gasteiger charge is -2.12. The standard InChI is InChI=1S/C16H18N4O2/c1-11(21)18-13-6-4-5-12(9-13)16(22)19-14-7-8-15(17-10-14)20(2)3/h4-10H,1-3H3,(H,18,21)(H,19,22). The van der Waals surface area contributed by atoms with Crippen LogP contribution in [0.2, 0.25) is 0 Å². The van der Waals surface area contributed by atoms with Gasteiger partial charge in [0.25, 0.3) is 5.91 Å². The van der Waals surface area contributed by atoms with Gasteiger partial charge in [-0.05, 0) is 30.3 Å². The quantitative estimate of drug-likeness (QED) is 0.908. The zero-order chi connectivity index (χ0) is 16.1. The van der Waals surface area contributed by atoms with Gasteiger partial charge in [0.2, 0.25) is 5.91 Å². The van der Waals surface area contributed by atoms with Crippen LogP contribution in [-0.4, -0.2) is 30.9 Å². The smallest absolute Gasteiger partial charge is 0.255 e. The Kier molecular flexibility index (Phi) is 4.73. The van der Waals surface area contributed by atoms with E-state index in [4.69, 9.17) is 0 Å². The first kappa shape index (κ1) is 15.5. The first-order valence-electron chi connectivity index (χ1n) is 6.78. The van der Waals surface area contributed by atoms with E-state index in [1.807, 2.05) is 25.1 Å². The van der Waals surface area contributed by atoms with E-state index in [9.17, 15) is 9.59 Å². The van der Waals surface area contributed by atoms with Crippen LogP contribution >= 0.6 is 0 Å². The van der Waals surface area contributed by atoms with Crippen molar-refractivity contribution in [3.63, 3.8) is 0 Å². The van der Waals surface area contributed by atoms with Crippen LogP contribution in [0.25, 0.3) is 0 Å². The summed E-state index contributed by atoms with van der Waals surface area (Å²) in [7, 11) is 3.79. The van der Waals surface area contributed by atoms with Crippen molar-refractivity contribution in [2.24, 2.45) is 0 Å². The monoisotopic (exact) mass is 298 g/mol. The van der Waals surface area contributed by atoms with Crippen LogP contribution < -0.4 is 15.5 Å². The minimum Gasteiger partial charge on any atom is -0.363 e. The summed E-state index contributed by atoms with van der Waals surface area (Å²) in [4.78, 5) is 29.4. The number of pyridine rings is 1. The molecule has 0 radical (unpaired) electrons. The number of carbonyl (C=O) groups is 2. The van der Waals surface area contributed by atoms with Crippen molar-refractivity contribution in [3.8, 4) is 0 Å². The van der Waals surface area contributed by atoms with Crippen molar-refractivity contribution in [3.05, 3.63) is 48.2 Å². The normalized spacial score (nSPS) is 9.95. The van der Waals surface area contributed by atoms with Crippen molar-refractivity contribution in [1.29, 1.82) is 0 Å². The number of hydrogen-bond acceptors (Lipinski definition) is 4. The van der Waals surface area contributed by atoms with E-state index in [1.54, 1.807) is 36.5 Å². The van der Waals surface area contributed by atoms with E-state index >= 15 is 0 Å². The molecule has 2 N–H and O–H groups in total. The Morgan fingerprint density at radius 1 is 1.05 bits per heavy atom. The molecule has 2 aromatic rings. The van der Waals surface area contributed by atoms with Gasteiger partial charge in [-0.15, -0.1) is 0 Å². The molecule has 0 aliphatic heterocycles. The predicted molar refractivity (Wildman–Crippen MR) is 87.3 cm³/mol. The third-order valence-electron chi connectivity index (χ3n) is 2.91. The molecule has 1 aromatic carbocycles. The molecule has 114 valence electrons. The fourth-order valence-electron chi connectivity index (χ4n) is 1.87. The highest BCUT2D eigenvalue weighted by Crippen LogP contribution is 2.15. The lowest BCUT2D eigenvalue weighted by molar-refractivity contribution is -0.114. The molecule has 1 heterocycles. The lowest BCUT2D eigenvalue weighted by atomic mass is 10.2. The first-order chi connectivity index (χ1) is 10.5. The molecule has 0 bridgehead atoms. The lowest BCUT2D eigenvalue weighted by Crippen LogP contribution is -2.14. The van der Waals surface area contributed by atoms with Crippen LogP contribution in [0.5, 0.6) is 0 Å². The summed E-state index contributed by atoms with van der Waals surface area (Å²) in [5, 5.41) is 5.42. The van der Waals surface area contributed by atoms with Gasteiger partial charge in [0.1, 0.15) is 5.82 Å².